The molecule has 30 heavy (non-hydrogen) atoms. The fourth-order valence-corrected chi connectivity index (χ4v) is 5.58. The van der Waals surface area contributed by atoms with Gasteiger partial charge in [0.1, 0.15) is 11.7 Å². The van der Waals surface area contributed by atoms with Crippen LogP contribution < -0.4 is 0 Å². The van der Waals surface area contributed by atoms with Crippen LogP contribution in [0.15, 0.2) is 42.5 Å². The van der Waals surface area contributed by atoms with Crippen LogP contribution in [-0.2, 0) is 18.9 Å². The number of carbonyl (C=O) groups is 1. The Hall–Kier alpha value is -1.77. The number of esters is 1. The molecule has 4 saturated heterocycles. The molecule has 0 amide bonds. The largest absolute Gasteiger partial charge is 0.456 e. The van der Waals surface area contributed by atoms with Crippen molar-refractivity contribution in [2.75, 3.05) is 46.9 Å². The number of likely N-dealkylation sites (N-methyl/N-ethyl adjacent to an activating group) is 1. The molecule has 5 aliphatic rings. The Labute approximate surface area is 177 Å². The van der Waals surface area contributed by atoms with E-state index in [1.807, 2.05) is 18.2 Å². The molecule has 0 aromatic heterocycles. The van der Waals surface area contributed by atoms with Gasteiger partial charge in [0.15, 0.2) is 12.6 Å². The van der Waals surface area contributed by atoms with Gasteiger partial charge in [0.05, 0.1) is 11.5 Å². The van der Waals surface area contributed by atoms with Crippen LogP contribution in [0, 0.1) is 11.8 Å². The lowest BCUT2D eigenvalue weighted by molar-refractivity contribution is -0.375. The van der Waals surface area contributed by atoms with Crippen molar-refractivity contribution in [3.8, 4) is 0 Å². The zero-order chi connectivity index (χ0) is 20.9. The predicted octanol–water partition coefficient (Wildman–Crippen LogP) is 1.75. The summed E-state index contributed by atoms with van der Waals surface area (Å²) < 4.78 is 24.4. The van der Waals surface area contributed by atoms with Crippen LogP contribution in [0.5, 0.6) is 0 Å². The van der Waals surface area contributed by atoms with Gasteiger partial charge in [-0.15, -0.1) is 0 Å². The summed E-state index contributed by atoms with van der Waals surface area (Å²) in [6, 6.07) is 9.14. The van der Waals surface area contributed by atoms with Gasteiger partial charge in [-0.3, -0.25) is 4.90 Å². The molecule has 1 aromatic carbocycles. The first-order valence-corrected chi connectivity index (χ1v) is 10.7. The van der Waals surface area contributed by atoms with E-state index in [4.69, 9.17) is 18.9 Å². The lowest BCUT2D eigenvalue weighted by Crippen LogP contribution is -2.67. The lowest BCUT2D eigenvalue weighted by atomic mass is 9.76. The SMILES string of the molecule is C=C1C2OC(OC)C3C1C[C@@H](OC(=O)c1ccccc1)C3(CN1CCN(C)CC1)O2. The van der Waals surface area contributed by atoms with Gasteiger partial charge in [0, 0.05) is 39.8 Å². The molecule has 7 nitrogen and oxygen atoms in total. The third-order valence-corrected chi connectivity index (χ3v) is 7.22. The Morgan fingerprint density at radius 1 is 1.23 bits per heavy atom. The third-order valence-electron chi connectivity index (χ3n) is 7.22. The highest BCUT2D eigenvalue weighted by atomic mass is 16.8. The summed E-state index contributed by atoms with van der Waals surface area (Å²) in [6.07, 6.45) is -0.580. The summed E-state index contributed by atoms with van der Waals surface area (Å²) in [7, 11) is 3.81. The van der Waals surface area contributed by atoms with Crippen LogP contribution in [0.2, 0.25) is 0 Å². The average Bonchev–Trinajstić information content (AvgIpc) is 3.04. The molecule has 162 valence electrons. The Morgan fingerprint density at radius 3 is 2.67 bits per heavy atom. The first kappa shape index (κ1) is 20.2. The van der Waals surface area contributed by atoms with Crippen molar-refractivity contribution in [3.05, 3.63) is 48.0 Å². The van der Waals surface area contributed by atoms with E-state index in [0.717, 1.165) is 31.8 Å². The number of hydrogen-bond acceptors (Lipinski definition) is 7. The average molecular weight is 415 g/mol. The number of rotatable bonds is 5. The number of piperazine rings is 1. The number of methoxy groups -OCH3 is 1. The number of nitrogens with zero attached hydrogens (tertiary/aromatic N) is 2. The minimum absolute atomic E-state index is 0.0479. The molecule has 1 aromatic rings. The Morgan fingerprint density at radius 2 is 1.97 bits per heavy atom. The van der Waals surface area contributed by atoms with Crippen LogP contribution >= 0.6 is 0 Å². The molecular weight excluding hydrogens is 384 g/mol. The zero-order valence-corrected chi connectivity index (χ0v) is 17.7. The molecule has 1 saturated carbocycles. The van der Waals surface area contributed by atoms with Crippen LogP contribution in [0.1, 0.15) is 16.8 Å². The molecule has 7 heteroatoms. The fourth-order valence-electron chi connectivity index (χ4n) is 5.58. The van der Waals surface area contributed by atoms with E-state index >= 15 is 0 Å². The van der Waals surface area contributed by atoms with E-state index in [2.05, 4.69) is 23.4 Å². The van der Waals surface area contributed by atoms with Crippen molar-refractivity contribution in [2.45, 2.75) is 30.7 Å². The number of carbonyl (C=O) groups excluding carboxylic acids is 1. The van der Waals surface area contributed by atoms with Crippen molar-refractivity contribution in [2.24, 2.45) is 11.8 Å². The summed E-state index contributed by atoms with van der Waals surface area (Å²) in [5.74, 6) is -0.206. The monoisotopic (exact) mass is 414 g/mol. The van der Waals surface area contributed by atoms with Crippen LogP contribution in [0.25, 0.3) is 0 Å². The molecule has 5 unspecified atom stereocenters. The van der Waals surface area contributed by atoms with Gasteiger partial charge in [0.2, 0.25) is 0 Å². The minimum Gasteiger partial charge on any atom is -0.456 e. The highest BCUT2D eigenvalue weighted by molar-refractivity contribution is 5.89. The Bertz CT molecular complexity index is 809. The van der Waals surface area contributed by atoms with Crippen molar-refractivity contribution in [1.29, 1.82) is 0 Å². The zero-order valence-electron chi connectivity index (χ0n) is 17.7. The molecular formula is C23H30N2O5. The van der Waals surface area contributed by atoms with Gasteiger partial charge in [-0.05, 0) is 37.1 Å². The van der Waals surface area contributed by atoms with Gasteiger partial charge < -0.3 is 23.8 Å². The maximum Gasteiger partial charge on any atom is 0.338 e. The second-order valence-corrected chi connectivity index (χ2v) is 8.93. The molecule has 4 heterocycles. The Balaban J connectivity index is 1.45. The summed E-state index contributed by atoms with van der Waals surface area (Å²) >= 11 is 0. The number of benzene rings is 1. The summed E-state index contributed by atoms with van der Waals surface area (Å²) in [6.45, 7) is 8.88. The molecule has 0 radical (unpaired) electrons. The van der Waals surface area contributed by atoms with E-state index in [1.54, 1.807) is 19.2 Å². The molecule has 1 aliphatic carbocycles. The van der Waals surface area contributed by atoms with Gasteiger partial charge >= 0.3 is 5.97 Å². The number of ether oxygens (including phenoxy) is 4. The van der Waals surface area contributed by atoms with Crippen molar-refractivity contribution in [3.63, 3.8) is 0 Å². The minimum atomic E-state index is -0.657. The van der Waals surface area contributed by atoms with E-state index in [1.165, 1.54) is 0 Å². The summed E-state index contributed by atoms with van der Waals surface area (Å²) in [4.78, 5) is 17.7. The maximum absolute atomic E-state index is 12.9. The standard InChI is InChI=1S/C23H30N2O5/c1-15-17-13-18(28-20(26)16-7-5-4-6-8-16)23(14-25-11-9-24(2)10-12-25)19(17)22(27-3)29-21(15)30-23/h4-8,17-19,21-22H,1,9-14H2,2-3H3/t17?,18-,19?,21?,22?,23?/m1/s1. The van der Waals surface area contributed by atoms with Gasteiger partial charge in [0.25, 0.3) is 0 Å². The molecule has 4 aliphatic heterocycles. The predicted molar refractivity (Wildman–Crippen MR) is 110 cm³/mol. The Kier molecular flexibility index (Phi) is 5.19. The van der Waals surface area contributed by atoms with Crippen LogP contribution in [-0.4, -0.2) is 86.9 Å². The summed E-state index contributed by atoms with van der Waals surface area (Å²) in [5, 5.41) is 0. The van der Waals surface area contributed by atoms with Gasteiger partial charge in [-0.25, -0.2) is 4.79 Å². The number of hydrogen-bond donors (Lipinski definition) is 0. The molecule has 5 fully saturated rings. The second kappa shape index (κ2) is 7.73. The van der Waals surface area contributed by atoms with Gasteiger partial charge in [-0.1, -0.05) is 24.8 Å². The normalized spacial score (nSPS) is 38.7. The van der Waals surface area contributed by atoms with Crippen LogP contribution in [0.3, 0.4) is 0 Å². The van der Waals surface area contributed by atoms with Crippen LogP contribution in [0.4, 0.5) is 0 Å². The second-order valence-electron chi connectivity index (χ2n) is 8.93. The molecule has 0 N–H and O–H groups in total. The van der Waals surface area contributed by atoms with Gasteiger partial charge in [-0.2, -0.15) is 0 Å². The maximum atomic E-state index is 12.9. The van der Waals surface area contributed by atoms with Crippen molar-refractivity contribution >= 4 is 5.97 Å². The first-order chi connectivity index (χ1) is 14.5. The summed E-state index contributed by atoms with van der Waals surface area (Å²) in [5.41, 5.74) is 0.827. The fraction of sp³-hybridized carbons (Fsp3) is 0.609. The topological polar surface area (TPSA) is 60.5 Å². The van der Waals surface area contributed by atoms with E-state index < -0.39 is 11.9 Å². The first-order valence-electron chi connectivity index (χ1n) is 10.7. The third kappa shape index (κ3) is 3.20. The smallest absolute Gasteiger partial charge is 0.338 e. The molecule has 6 atom stereocenters. The van der Waals surface area contributed by atoms with E-state index in [0.29, 0.717) is 18.5 Å². The highest BCUT2D eigenvalue weighted by Gasteiger charge is 2.70. The highest BCUT2D eigenvalue weighted by Crippen LogP contribution is 2.59. The molecule has 4 bridgehead atoms. The van der Waals surface area contributed by atoms with Crippen molar-refractivity contribution < 1.29 is 23.7 Å². The number of fused-ring (bicyclic) bond motifs is 1. The lowest BCUT2D eigenvalue weighted by Gasteiger charge is -2.55. The van der Waals surface area contributed by atoms with E-state index in [9.17, 15) is 4.79 Å². The molecule has 0 spiro atoms. The quantitative estimate of drug-likeness (QED) is 0.537. The van der Waals surface area contributed by atoms with E-state index in [-0.39, 0.29) is 30.2 Å². The molecule has 6 rings (SSSR count). The van der Waals surface area contributed by atoms with Crippen molar-refractivity contribution in [1.82, 2.24) is 9.80 Å².